The van der Waals surface area contributed by atoms with Gasteiger partial charge in [0.05, 0.1) is 0 Å². The van der Waals surface area contributed by atoms with E-state index in [2.05, 4.69) is 11.6 Å². The van der Waals surface area contributed by atoms with Gasteiger partial charge in [-0.05, 0) is 31.6 Å². The normalized spacial score (nSPS) is 23.9. The standard InChI is InChI=1S/C14H23NO4S/c1-10-4-3-5-12(6-10)8-15-20(17,18)14-7-13(9-16)19-11(14)2/h7,10,12,15-16H,3-6,8-9H2,1-2H3. The molecule has 0 amide bonds. The molecule has 5 nitrogen and oxygen atoms in total. The molecule has 2 unspecified atom stereocenters. The van der Waals surface area contributed by atoms with E-state index in [1.807, 2.05) is 0 Å². The molecular formula is C14H23NO4S. The Morgan fingerprint density at radius 1 is 1.45 bits per heavy atom. The third-order valence-electron chi connectivity index (χ3n) is 3.98. The molecule has 1 aliphatic carbocycles. The molecule has 0 radical (unpaired) electrons. The summed E-state index contributed by atoms with van der Waals surface area (Å²) < 4.78 is 32.4. The molecule has 2 rings (SSSR count). The number of rotatable bonds is 5. The minimum Gasteiger partial charge on any atom is -0.462 e. The van der Waals surface area contributed by atoms with Crippen molar-refractivity contribution in [2.75, 3.05) is 6.54 Å². The molecule has 1 fully saturated rings. The zero-order chi connectivity index (χ0) is 14.8. The van der Waals surface area contributed by atoms with E-state index < -0.39 is 10.0 Å². The predicted molar refractivity (Wildman–Crippen MR) is 75.7 cm³/mol. The molecule has 2 atom stereocenters. The summed E-state index contributed by atoms with van der Waals surface area (Å²) in [6, 6.07) is 1.39. The highest BCUT2D eigenvalue weighted by Crippen LogP contribution is 2.28. The van der Waals surface area contributed by atoms with Gasteiger partial charge in [0.15, 0.2) is 0 Å². The van der Waals surface area contributed by atoms with Gasteiger partial charge in [-0.2, -0.15) is 0 Å². The number of furan rings is 1. The van der Waals surface area contributed by atoms with Crippen molar-refractivity contribution in [1.82, 2.24) is 4.72 Å². The van der Waals surface area contributed by atoms with Crippen LogP contribution >= 0.6 is 0 Å². The number of hydrogen-bond acceptors (Lipinski definition) is 4. The zero-order valence-corrected chi connectivity index (χ0v) is 12.9. The number of aliphatic hydroxyl groups excluding tert-OH is 1. The summed E-state index contributed by atoms with van der Waals surface area (Å²) in [4.78, 5) is 0.130. The fraction of sp³-hybridized carbons (Fsp3) is 0.714. The highest BCUT2D eigenvalue weighted by molar-refractivity contribution is 7.89. The lowest BCUT2D eigenvalue weighted by Crippen LogP contribution is -2.31. The third-order valence-corrected chi connectivity index (χ3v) is 5.51. The van der Waals surface area contributed by atoms with Gasteiger partial charge >= 0.3 is 0 Å². The van der Waals surface area contributed by atoms with Crippen molar-refractivity contribution >= 4 is 10.0 Å². The Hall–Kier alpha value is -0.850. The molecule has 0 spiro atoms. The van der Waals surface area contributed by atoms with Gasteiger partial charge in [0.25, 0.3) is 0 Å². The summed E-state index contributed by atoms with van der Waals surface area (Å²) in [6.45, 7) is 3.99. The molecule has 6 heteroatoms. The first-order valence-electron chi connectivity index (χ1n) is 7.12. The van der Waals surface area contributed by atoms with Gasteiger partial charge in [-0.1, -0.05) is 19.8 Å². The van der Waals surface area contributed by atoms with E-state index in [1.54, 1.807) is 6.92 Å². The van der Waals surface area contributed by atoms with Gasteiger partial charge < -0.3 is 9.52 Å². The second-order valence-corrected chi connectivity index (χ2v) is 7.52. The largest absolute Gasteiger partial charge is 0.462 e. The van der Waals surface area contributed by atoms with Gasteiger partial charge in [-0.3, -0.25) is 0 Å². The first kappa shape index (κ1) is 15.5. The van der Waals surface area contributed by atoms with Crippen molar-refractivity contribution in [1.29, 1.82) is 0 Å². The topological polar surface area (TPSA) is 79.5 Å². The Morgan fingerprint density at radius 3 is 2.80 bits per heavy atom. The van der Waals surface area contributed by atoms with Crippen LogP contribution in [0.1, 0.15) is 44.1 Å². The van der Waals surface area contributed by atoms with E-state index >= 15 is 0 Å². The van der Waals surface area contributed by atoms with Crippen molar-refractivity contribution in [3.8, 4) is 0 Å². The van der Waals surface area contributed by atoms with Gasteiger partial charge in [0, 0.05) is 12.6 Å². The van der Waals surface area contributed by atoms with Crippen molar-refractivity contribution in [2.45, 2.75) is 51.0 Å². The summed E-state index contributed by atoms with van der Waals surface area (Å²) >= 11 is 0. The maximum absolute atomic E-state index is 12.3. The summed E-state index contributed by atoms with van der Waals surface area (Å²) in [5.41, 5.74) is 0. The molecule has 1 aliphatic rings. The van der Waals surface area contributed by atoms with E-state index in [-0.39, 0.29) is 17.3 Å². The Kier molecular flexibility index (Phi) is 4.88. The lowest BCUT2D eigenvalue weighted by Gasteiger charge is -2.26. The molecule has 0 aliphatic heterocycles. The molecule has 20 heavy (non-hydrogen) atoms. The van der Waals surface area contributed by atoms with Gasteiger partial charge in [-0.25, -0.2) is 13.1 Å². The van der Waals surface area contributed by atoms with Crippen molar-refractivity contribution < 1.29 is 17.9 Å². The van der Waals surface area contributed by atoms with E-state index in [0.717, 1.165) is 12.8 Å². The van der Waals surface area contributed by atoms with Crippen LogP contribution in [-0.4, -0.2) is 20.1 Å². The zero-order valence-electron chi connectivity index (χ0n) is 12.1. The van der Waals surface area contributed by atoms with Crippen molar-refractivity contribution in [2.24, 2.45) is 11.8 Å². The molecular weight excluding hydrogens is 278 g/mol. The Bertz CT molecular complexity index is 550. The van der Waals surface area contributed by atoms with Crippen molar-refractivity contribution in [3.63, 3.8) is 0 Å². The monoisotopic (exact) mass is 301 g/mol. The van der Waals surface area contributed by atoms with E-state index in [9.17, 15) is 8.42 Å². The third kappa shape index (κ3) is 3.62. The summed E-state index contributed by atoms with van der Waals surface area (Å²) in [6.07, 6.45) is 4.57. The highest BCUT2D eigenvalue weighted by atomic mass is 32.2. The van der Waals surface area contributed by atoms with Crippen LogP contribution in [0.5, 0.6) is 0 Å². The first-order valence-corrected chi connectivity index (χ1v) is 8.60. The minimum absolute atomic E-state index is 0.130. The van der Waals surface area contributed by atoms with Crippen LogP contribution in [0.4, 0.5) is 0 Å². The number of aryl methyl sites for hydroxylation is 1. The highest BCUT2D eigenvalue weighted by Gasteiger charge is 2.24. The van der Waals surface area contributed by atoms with E-state index in [0.29, 0.717) is 24.1 Å². The Labute approximate surface area is 120 Å². The predicted octanol–water partition coefficient (Wildman–Crippen LogP) is 2.18. The van der Waals surface area contributed by atoms with Crippen LogP contribution in [0.15, 0.2) is 15.4 Å². The molecule has 1 aromatic rings. The fourth-order valence-corrected chi connectivity index (χ4v) is 4.24. The van der Waals surface area contributed by atoms with E-state index in [1.165, 1.54) is 18.9 Å². The van der Waals surface area contributed by atoms with E-state index in [4.69, 9.17) is 9.52 Å². The number of aliphatic hydroxyl groups is 1. The lowest BCUT2D eigenvalue weighted by molar-refractivity contribution is 0.244. The molecule has 0 saturated heterocycles. The molecule has 0 bridgehead atoms. The summed E-state index contributed by atoms with van der Waals surface area (Å²) in [5.74, 6) is 1.68. The number of sulfonamides is 1. The summed E-state index contributed by atoms with van der Waals surface area (Å²) in [5, 5.41) is 9.00. The van der Waals surface area contributed by atoms with Crippen LogP contribution in [0.2, 0.25) is 0 Å². The van der Waals surface area contributed by atoms with Crippen molar-refractivity contribution in [3.05, 3.63) is 17.6 Å². The smallest absolute Gasteiger partial charge is 0.244 e. The molecule has 1 saturated carbocycles. The Balaban J connectivity index is 2.01. The maximum Gasteiger partial charge on any atom is 0.244 e. The van der Waals surface area contributed by atoms with Gasteiger partial charge in [0.2, 0.25) is 10.0 Å². The molecule has 1 heterocycles. The first-order chi connectivity index (χ1) is 9.42. The summed E-state index contributed by atoms with van der Waals surface area (Å²) in [7, 11) is -3.55. The van der Waals surface area contributed by atoms with Crippen LogP contribution in [0.3, 0.4) is 0 Å². The molecule has 114 valence electrons. The second kappa shape index (κ2) is 6.28. The fourth-order valence-electron chi connectivity index (χ4n) is 2.92. The number of nitrogens with one attached hydrogen (secondary N) is 1. The Morgan fingerprint density at radius 2 is 2.20 bits per heavy atom. The average molecular weight is 301 g/mol. The van der Waals surface area contributed by atoms with Crippen LogP contribution < -0.4 is 4.72 Å². The average Bonchev–Trinajstić information content (AvgIpc) is 2.79. The maximum atomic E-state index is 12.3. The lowest BCUT2D eigenvalue weighted by atomic mass is 9.83. The second-order valence-electron chi connectivity index (χ2n) is 5.78. The van der Waals surface area contributed by atoms with Crippen LogP contribution in [0, 0.1) is 18.8 Å². The minimum atomic E-state index is -3.55. The van der Waals surface area contributed by atoms with Crippen LogP contribution in [0.25, 0.3) is 0 Å². The van der Waals surface area contributed by atoms with Gasteiger partial charge in [0.1, 0.15) is 23.0 Å². The quantitative estimate of drug-likeness (QED) is 0.873. The molecule has 2 N–H and O–H groups in total. The SMILES string of the molecule is Cc1oc(CO)cc1S(=O)(=O)NCC1CCCC(C)C1. The molecule has 1 aromatic heterocycles. The van der Waals surface area contributed by atoms with Crippen LogP contribution in [-0.2, 0) is 16.6 Å². The molecule has 0 aromatic carbocycles. The van der Waals surface area contributed by atoms with Gasteiger partial charge in [-0.15, -0.1) is 0 Å². The number of hydrogen-bond donors (Lipinski definition) is 2.